The van der Waals surface area contributed by atoms with Gasteiger partial charge in [-0.3, -0.25) is 4.79 Å². The standard InChI is InChI=1S/C19H25ClN4O/c1-3-6-18-17(19(25)23-11-9-22(4-2)10-12-23)14-21-24(18)16-8-5-7-15(20)13-16/h5,7-8,13-14H,3-4,6,9-12H2,1-2H3. The van der Waals surface area contributed by atoms with Crippen LogP contribution in [-0.2, 0) is 6.42 Å². The van der Waals surface area contributed by atoms with Crippen LogP contribution in [0.25, 0.3) is 5.69 Å². The molecule has 6 heteroatoms. The van der Waals surface area contributed by atoms with E-state index in [9.17, 15) is 4.79 Å². The number of carbonyl (C=O) groups is 1. The molecule has 0 atom stereocenters. The van der Waals surface area contributed by atoms with Crippen LogP contribution in [0.3, 0.4) is 0 Å². The number of hydrogen-bond donors (Lipinski definition) is 0. The van der Waals surface area contributed by atoms with E-state index >= 15 is 0 Å². The largest absolute Gasteiger partial charge is 0.336 e. The zero-order chi connectivity index (χ0) is 17.8. The van der Waals surface area contributed by atoms with E-state index in [0.717, 1.165) is 56.9 Å². The number of hydrogen-bond acceptors (Lipinski definition) is 3. The van der Waals surface area contributed by atoms with Gasteiger partial charge in [-0.05, 0) is 31.2 Å². The molecule has 0 aliphatic carbocycles. The summed E-state index contributed by atoms with van der Waals surface area (Å²) < 4.78 is 1.85. The molecule has 1 aromatic carbocycles. The van der Waals surface area contributed by atoms with Crippen LogP contribution in [0, 0.1) is 0 Å². The predicted molar refractivity (Wildman–Crippen MR) is 101 cm³/mol. The number of benzene rings is 1. The minimum atomic E-state index is 0.0903. The molecular formula is C19H25ClN4O. The fourth-order valence-electron chi connectivity index (χ4n) is 3.30. The number of rotatable bonds is 5. The summed E-state index contributed by atoms with van der Waals surface area (Å²) in [7, 11) is 0. The maximum Gasteiger partial charge on any atom is 0.257 e. The Kier molecular flexibility index (Phi) is 5.76. The van der Waals surface area contributed by atoms with Crippen LogP contribution in [-0.4, -0.2) is 58.2 Å². The summed E-state index contributed by atoms with van der Waals surface area (Å²) in [6.07, 6.45) is 3.47. The monoisotopic (exact) mass is 360 g/mol. The highest BCUT2D eigenvalue weighted by atomic mass is 35.5. The van der Waals surface area contributed by atoms with Crippen molar-refractivity contribution in [2.45, 2.75) is 26.7 Å². The molecule has 0 N–H and O–H groups in total. The Morgan fingerprint density at radius 2 is 1.96 bits per heavy atom. The second-order valence-corrected chi connectivity index (χ2v) is 6.81. The second kappa shape index (κ2) is 8.02. The predicted octanol–water partition coefficient (Wildman–Crippen LogP) is 3.26. The zero-order valence-corrected chi connectivity index (χ0v) is 15.7. The van der Waals surface area contributed by atoms with Crippen LogP contribution in [0.4, 0.5) is 0 Å². The summed E-state index contributed by atoms with van der Waals surface area (Å²) >= 11 is 6.12. The lowest BCUT2D eigenvalue weighted by Gasteiger charge is -2.34. The molecule has 0 radical (unpaired) electrons. The van der Waals surface area contributed by atoms with Gasteiger partial charge in [-0.1, -0.05) is 37.9 Å². The van der Waals surface area contributed by atoms with Gasteiger partial charge in [0.05, 0.1) is 23.1 Å². The lowest BCUT2D eigenvalue weighted by atomic mass is 10.1. The van der Waals surface area contributed by atoms with Crippen molar-refractivity contribution in [1.29, 1.82) is 0 Å². The van der Waals surface area contributed by atoms with Gasteiger partial charge in [-0.2, -0.15) is 5.10 Å². The van der Waals surface area contributed by atoms with Crippen LogP contribution in [0.2, 0.25) is 5.02 Å². The molecule has 2 heterocycles. The summed E-state index contributed by atoms with van der Waals surface area (Å²) in [6.45, 7) is 8.74. The van der Waals surface area contributed by atoms with Gasteiger partial charge in [-0.15, -0.1) is 0 Å². The lowest BCUT2D eigenvalue weighted by Crippen LogP contribution is -2.48. The third-order valence-corrected chi connectivity index (χ3v) is 4.98. The van der Waals surface area contributed by atoms with Crippen molar-refractivity contribution in [1.82, 2.24) is 19.6 Å². The normalized spacial score (nSPS) is 15.6. The first-order valence-electron chi connectivity index (χ1n) is 8.98. The van der Waals surface area contributed by atoms with Crippen LogP contribution in [0.5, 0.6) is 0 Å². The molecule has 2 aromatic rings. The van der Waals surface area contributed by atoms with E-state index < -0.39 is 0 Å². The molecule has 25 heavy (non-hydrogen) atoms. The van der Waals surface area contributed by atoms with Gasteiger partial charge in [0.25, 0.3) is 5.91 Å². The van der Waals surface area contributed by atoms with Gasteiger partial charge in [0.1, 0.15) is 0 Å². The van der Waals surface area contributed by atoms with E-state index in [1.807, 2.05) is 33.8 Å². The van der Waals surface area contributed by atoms with Crippen molar-refractivity contribution in [3.05, 3.63) is 46.7 Å². The number of carbonyl (C=O) groups excluding carboxylic acids is 1. The summed E-state index contributed by atoms with van der Waals surface area (Å²) in [6, 6.07) is 7.59. The Bertz CT molecular complexity index is 735. The molecule has 0 spiro atoms. The summed E-state index contributed by atoms with van der Waals surface area (Å²) in [4.78, 5) is 17.3. The Morgan fingerprint density at radius 3 is 2.60 bits per heavy atom. The van der Waals surface area contributed by atoms with Gasteiger partial charge < -0.3 is 9.80 Å². The number of nitrogens with zero attached hydrogens (tertiary/aromatic N) is 4. The van der Waals surface area contributed by atoms with Crippen LogP contribution < -0.4 is 0 Å². The molecule has 1 amide bonds. The third-order valence-electron chi connectivity index (χ3n) is 4.75. The second-order valence-electron chi connectivity index (χ2n) is 6.37. The summed E-state index contributed by atoms with van der Waals surface area (Å²) in [5.41, 5.74) is 2.57. The molecular weight excluding hydrogens is 336 g/mol. The van der Waals surface area contributed by atoms with E-state index in [0.29, 0.717) is 10.6 Å². The molecule has 0 bridgehead atoms. The van der Waals surface area contributed by atoms with E-state index in [1.165, 1.54) is 0 Å². The highest BCUT2D eigenvalue weighted by molar-refractivity contribution is 6.30. The highest BCUT2D eigenvalue weighted by Crippen LogP contribution is 2.21. The van der Waals surface area contributed by atoms with Crippen molar-refractivity contribution >= 4 is 17.5 Å². The van der Waals surface area contributed by atoms with E-state index in [1.54, 1.807) is 6.20 Å². The first kappa shape index (κ1) is 18.0. The first-order valence-corrected chi connectivity index (χ1v) is 9.36. The maximum absolute atomic E-state index is 13.0. The van der Waals surface area contributed by atoms with Gasteiger partial charge in [0, 0.05) is 31.2 Å². The van der Waals surface area contributed by atoms with E-state index in [4.69, 9.17) is 11.6 Å². The number of piperazine rings is 1. The molecule has 3 rings (SSSR count). The smallest absolute Gasteiger partial charge is 0.257 e. The Hall–Kier alpha value is -1.85. The van der Waals surface area contributed by atoms with E-state index in [2.05, 4.69) is 23.8 Å². The lowest BCUT2D eigenvalue weighted by molar-refractivity contribution is 0.0642. The zero-order valence-electron chi connectivity index (χ0n) is 14.9. The summed E-state index contributed by atoms with van der Waals surface area (Å²) in [5, 5.41) is 5.16. The maximum atomic E-state index is 13.0. The average molecular weight is 361 g/mol. The number of likely N-dealkylation sites (N-methyl/N-ethyl adjacent to an activating group) is 1. The van der Waals surface area contributed by atoms with Gasteiger partial charge in [0.2, 0.25) is 0 Å². The van der Waals surface area contributed by atoms with Crippen LogP contribution in [0.1, 0.15) is 36.3 Å². The van der Waals surface area contributed by atoms with Gasteiger partial charge in [0.15, 0.2) is 0 Å². The molecule has 1 aliphatic rings. The topological polar surface area (TPSA) is 41.4 Å². The number of halogens is 1. The Morgan fingerprint density at radius 1 is 1.20 bits per heavy atom. The molecule has 0 unspecified atom stereocenters. The minimum Gasteiger partial charge on any atom is -0.336 e. The van der Waals surface area contributed by atoms with Gasteiger partial charge >= 0.3 is 0 Å². The fourth-order valence-corrected chi connectivity index (χ4v) is 3.48. The van der Waals surface area contributed by atoms with Crippen LogP contribution >= 0.6 is 11.6 Å². The Balaban J connectivity index is 1.88. The van der Waals surface area contributed by atoms with Crippen molar-refractivity contribution in [3.63, 3.8) is 0 Å². The average Bonchev–Trinajstić information content (AvgIpc) is 3.05. The van der Waals surface area contributed by atoms with Crippen molar-refractivity contribution in [2.75, 3.05) is 32.7 Å². The van der Waals surface area contributed by atoms with E-state index in [-0.39, 0.29) is 5.91 Å². The van der Waals surface area contributed by atoms with Crippen molar-refractivity contribution < 1.29 is 4.79 Å². The number of amides is 1. The SMILES string of the molecule is CCCc1c(C(=O)N2CCN(CC)CC2)cnn1-c1cccc(Cl)c1. The molecule has 1 fully saturated rings. The molecule has 134 valence electrons. The molecule has 1 aliphatic heterocycles. The molecule has 1 saturated heterocycles. The number of aromatic nitrogens is 2. The highest BCUT2D eigenvalue weighted by Gasteiger charge is 2.25. The summed E-state index contributed by atoms with van der Waals surface area (Å²) in [5.74, 6) is 0.0903. The Labute approximate surface area is 154 Å². The van der Waals surface area contributed by atoms with Crippen molar-refractivity contribution in [2.24, 2.45) is 0 Å². The third kappa shape index (κ3) is 3.88. The van der Waals surface area contributed by atoms with Gasteiger partial charge in [-0.25, -0.2) is 4.68 Å². The fraction of sp³-hybridized carbons (Fsp3) is 0.474. The quantitative estimate of drug-likeness (QED) is 0.821. The van der Waals surface area contributed by atoms with Crippen molar-refractivity contribution in [3.8, 4) is 5.69 Å². The molecule has 0 saturated carbocycles. The molecule has 1 aromatic heterocycles. The minimum absolute atomic E-state index is 0.0903. The van der Waals surface area contributed by atoms with Crippen LogP contribution in [0.15, 0.2) is 30.5 Å². The molecule has 5 nitrogen and oxygen atoms in total. The first-order chi connectivity index (χ1) is 12.1.